The third kappa shape index (κ3) is 3.56. The van der Waals surface area contributed by atoms with Crippen molar-refractivity contribution in [3.63, 3.8) is 0 Å². The van der Waals surface area contributed by atoms with Gasteiger partial charge in [0.25, 0.3) is 0 Å². The van der Waals surface area contributed by atoms with Gasteiger partial charge in [-0.1, -0.05) is 0 Å². The van der Waals surface area contributed by atoms with Crippen molar-refractivity contribution >= 4 is 60.3 Å². The third-order valence-electron chi connectivity index (χ3n) is 8.05. The number of hydrogen-bond donors (Lipinski definition) is 0. The van der Waals surface area contributed by atoms with Crippen molar-refractivity contribution in [1.82, 2.24) is 0 Å². The molecular formula is C30H33Cl2SiZr. The van der Waals surface area contributed by atoms with E-state index in [1.54, 1.807) is 40.0 Å². The van der Waals surface area contributed by atoms with E-state index in [4.69, 9.17) is 0 Å². The van der Waals surface area contributed by atoms with Gasteiger partial charge in [-0.15, -0.1) is 24.8 Å². The zero-order valence-electron chi connectivity index (χ0n) is 20.7. The van der Waals surface area contributed by atoms with Crippen molar-refractivity contribution in [2.45, 2.75) is 36.0 Å². The van der Waals surface area contributed by atoms with Crippen LogP contribution < -0.4 is 0 Å². The molecule has 0 nitrogen and oxygen atoms in total. The summed E-state index contributed by atoms with van der Waals surface area (Å²) in [5.41, 5.74) is 9.56. The number of rotatable bonds is 2. The van der Waals surface area contributed by atoms with E-state index in [-0.39, 0.29) is 24.8 Å². The molecule has 0 N–H and O–H groups in total. The van der Waals surface area contributed by atoms with Crippen molar-refractivity contribution in [2.24, 2.45) is 0 Å². The summed E-state index contributed by atoms with van der Waals surface area (Å²) in [6.45, 7) is 4.86. The molecule has 0 heterocycles. The van der Waals surface area contributed by atoms with Gasteiger partial charge in [-0.05, 0) is 0 Å². The Morgan fingerprint density at radius 1 is 0.588 bits per heavy atom. The van der Waals surface area contributed by atoms with Crippen molar-refractivity contribution in [3.05, 3.63) is 106 Å². The summed E-state index contributed by atoms with van der Waals surface area (Å²) < 4.78 is 9.08. The Labute approximate surface area is 218 Å². The second kappa shape index (κ2) is 8.59. The van der Waals surface area contributed by atoms with Crippen molar-refractivity contribution in [1.29, 1.82) is 0 Å². The van der Waals surface area contributed by atoms with Crippen molar-refractivity contribution < 1.29 is 17.9 Å². The molecule has 0 saturated heterocycles. The number of halogens is 2. The summed E-state index contributed by atoms with van der Waals surface area (Å²) in [6, 6.07) is 27.5. The minimum Gasteiger partial charge on any atom is -0.147 e. The predicted molar refractivity (Wildman–Crippen MR) is 157 cm³/mol. The molecule has 0 aromatic heterocycles. The molecule has 4 aromatic carbocycles. The van der Waals surface area contributed by atoms with Crippen LogP contribution in [0.2, 0.25) is 9.26 Å². The summed E-state index contributed by atoms with van der Waals surface area (Å²) in [4.78, 5) is 0. The first kappa shape index (κ1) is 25.6. The molecule has 2 aliphatic carbocycles. The van der Waals surface area contributed by atoms with Gasteiger partial charge in [0.2, 0.25) is 0 Å². The van der Waals surface area contributed by atoms with Gasteiger partial charge in [0, 0.05) is 0 Å². The van der Waals surface area contributed by atoms with Gasteiger partial charge in [0.1, 0.15) is 0 Å². The van der Waals surface area contributed by atoms with Gasteiger partial charge in [-0.2, -0.15) is 0 Å². The van der Waals surface area contributed by atoms with Crippen molar-refractivity contribution in [3.8, 4) is 0 Å². The molecule has 0 aliphatic heterocycles. The molecule has 0 atom stereocenters. The number of benzene rings is 4. The van der Waals surface area contributed by atoms with E-state index in [0.717, 1.165) is 12.8 Å². The molecule has 0 saturated carbocycles. The standard InChI is InChI=1S/2C14H11.2CH3.2ClH.H3Si.Zr/c2*1-10-8-12-7-6-11-4-2-3-5-13(11)14(12)9-10;;;;;;/h2*2-7H,8H2,1H3;2*1H3;2*1H;1H3;. The summed E-state index contributed by atoms with van der Waals surface area (Å²) in [7, 11) is 1.25. The molecule has 0 spiro atoms. The summed E-state index contributed by atoms with van der Waals surface area (Å²) in [5, 5.41) is 5.69. The molecule has 175 valence electrons. The molecular weight excluding hydrogens is 551 g/mol. The van der Waals surface area contributed by atoms with Gasteiger partial charge >= 0.3 is 196 Å². The minimum absolute atomic E-state index is 0. The van der Waals surface area contributed by atoms with Crippen LogP contribution in [0.4, 0.5) is 0 Å². The smallest absolute Gasteiger partial charge is 0.147 e. The molecule has 0 radical (unpaired) electrons. The van der Waals surface area contributed by atoms with E-state index in [9.17, 15) is 0 Å². The molecule has 2 aliphatic rings. The molecule has 0 amide bonds. The molecule has 0 fully saturated rings. The van der Waals surface area contributed by atoms with Crippen LogP contribution in [0.5, 0.6) is 0 Å². The average Bonchev–Trinajstić information content (AvgIpc) is 3.30. The second-order valence-electron chi connectivity index (χ2n) is 11.4. The molecule has 6 rings (SSSR count). The molecule has 0 bridgehead atoms. The van der Waals surface area contributed by atoms with Gasteiger partial charge in [-0.3, -0.25) is 0 Å². The fourth-order valence-corrected chi connectivity index (χ4v) is 29.3. The van der Waals surface area contributed by atoms with Crippen LogP contribution in [-0.4, -0.2) is 7.37 Å². The van der Waals surface area contributed by atoms with Crippen LogP contribution in [0.3, 0.4) is 0 Å². The zero-order valence-corrected chi connectivity index (χ0v) is 26.7. The third-order valence-corrected chi connectivity index (χ3v) is 25.9. The Hall–Kier alpha value is -1.44. The van der Waals surface area contributed by atoms with Gasteiger partial charge in [0.05, 0.1) is 0 Å². The normalized spacial score (nSPS) is 16.2. The predicted octanol–water partition coefficient (Wildman–Crippen LogP) is 8.18. The van der Waals surface area contributed by atoms with Crippen LogP contribution in [0.1, 0.15) is 36.1 Å². The average molecular weight is 584 g/mol. The van der Waals surface area contributed by atoms with E-state index in [2.05, 4.69) is 95.9 Å². The van der Waals surface area contributed by atoms with E-state index in [1.165, 1.54) is 28.9 Å². The van der Waals surface area contributed by atoms with Crippen LogP contribution in [-0.2, 0) is 30.8 Å². The molecule has 34 heavy (non-hydrogen) atoms. The zero-order chi connectivity index (χ0) is 22.3. The first-order valence-corrected chi connectivity index (χ1v) is 27.6. The van der Waals surface area contributed by atoms with E-state index in [0.29, 0.717) is 0 Å². The summed E-state index contributed by atoms with van der Waals surface area (Å²) >= 11 is -3.46. The Kier molecular flexibility index (Phi) is 6.48. The van der Waals surface area contributed by atoms with Gasteiger partial charge in [0.15, 0.2) is 0 Å². The quantitative estimate of drug-likeness (QED) is 0.209. The molecule has 0 unspecified atom stereocenters. The fourth-order valence-electron chi connectivity index (χ4n) is 7.19. The van der Waals surface area contributed by atoms with Crippen LogP contribution >= 0.6 is 24.8 Å². The first-order chi connectivity index (χ1) is 15.2. The first-order valence-electron chi connectivity index (χ1n) is 11.9. The van der Waals surface area contributed by atoms with Crippen LogP contribution in [0.15, 0.2) is 83.9 Å². The van der Waals surface area contributed by atoms with E-state index in [1.807, 2.05) is 0 Å². The Bertz CT molecular complexity index is 1420. The monoisotopic (exact) mass is 581 g/mol. The maximum absolute atomic E-state index is 3.46. The molecule has 4 aromatic rings. The maximum atomic E-state index is 2.75. The SMILES string of the molecule is CC1=[C]([Zr]([CH3])([CH3])([SiH3])[C]2=C(C)Cc3ccc4ccccc4c32)c2c(ccc3ccccc23)C1.Cl.Cl. The molecule has 4 heteroatoms. The van der Waals surface area contributed by atoms with E-state index < -0.39 is 17.9 Å². The maximum Gasteiger partial charge on any atom is -0.147 e. The van der Waals surface area contributed by atoms with Crippen LogP contribution in [0.25, 0.3) is 28.1 Å². The Balaban J connectivity index is 0.00000137. The van der Waals surface area contributed by atoms with Crippen LogP contribution in [0, 0.1) is 0 Å². The second-order valence-corrected chi connectivity index (χ2v) is 47.0. The number of fused-ring (bicyclic) bond motifs is 6. The number of hydrogen-bond acceptors (Lipinski definition) is 0. The largest absolute Gasteiger partial charge is 0.147 e. The minimum atomic E-state index is -3.46. The fraction of sp³-hybridized carbons (Fsp3) is 0.200. The summed E-state index contributed by atoms with van der Waals surface area (Å²) in [6.07, 6.45) is 2.25. The number of allylic oxidation sites excluding steroid dienone is 2. The summed E-state index contributed by atoms with van der Waals surface area (Å²) in [5.74, 6) is 0. The van der Waals surface area contributed by atoms with E-state index >= 15 is 0 Å². The Morgan fingerprint density at radius 3 is 1.38 bits per heavy atom. The topological polar surface area (TPSA) is 0 Å². The van der Waals surface area contributed by atoms with Crippen molar-refractivity contribution in [2.75, 3.05) is 0 Å². The van der Waals surface area contributed by atoms with Gasteiger partial charge in [-0.25, -0.2) is 0 Å². The van der Waals surface area contributed by atoms with Gasteiger partial charge < -0.3 is 0 Å². The Morgan fingerprint density at radius 2 is 0.971 bits per heavy atom.